The quantitative estimate of drug-likeness (QED) is 0.796. The van der Waals surface area contributed by atoms with Gasteiger partial charge >= 0.3 is 5.97 Å². The van der Waals surface area contributed by atoms with Crippen LogP contribution in [-0.2, 0) is 9.63 Å². The summed E-state index contributed by atoms with van der Waals surface area (Å²) in [5.41, 5.74) is 0.520. The topological polar surface area (TPSA) is 63.7 Å². The first-order valence-corrected chi connectivity index (χ1v) is 7.48. The Morgan fingerprint density at radius 2 is 1.65 bits per heavy atom. The van der Waals surface area contributed by atoms with Crippen LogP contribution in [0.4, 0.5) is 0 Å². The third kappa shape index (κ3) is 2.43. The van der Waals surface area contributed by atoms with Crippen LogP contribution in [0.25, 0.3) is 0 Å². The molecule has 106 valence electrons. The minimum atomic E-state index is -0.595. The Kier molecular flexibility index (Phi) is 4.13. The number of hydrogen-bond donors (Lipinski definition) is 0. The largest absolute Gasteiger partial charge is 0.346 e. The van der Waals surface area contributed by atoms with Crippen LogP contribution in [0.15, 0.2) is 24.3 Å². The van der Waals surface area contributed by atoms with E-state index in [4.69, 9.17) is 4.84 Å². The van der Waals surface area contributed by atoms with Gasteiger partial charge in [-0.05, 0) is 24.3 Å². The molecule has 0 saturated heterocycles. The van der Waals surface area contributed by atoms with E-state index in [9.17, 15) is 14.4 Å². The highest BCUT2D eigenvalue weighted by Crippen LogP contribution is 2.25. The van der Waals surface area contributed by atoms with Crippen molar-refractivity contribution in [2.24, 2.45) is 5.92 Å². The van der Waals surface area contributed by atoms with Crippen LogP contribution in [0.3, 0.4) is 0 Å². The summed E-state index contributed by atoms with van der Waals surface area (Å²) in [5, 5.41) is 0.137. The van der Waals surface area contributed by atoms with Crippen molar-refractivity contribution in [3.05, 3.63) is 35.4 Å². The molecule has 2 amide bonds. The molecule has 5 nitrogen and oxygen atoms in total. The number of amides is 2. The lowest BCUT2D eigenvalue weighted by Gasteiger charge is -2.19. The van der Waals surface area contributed by atoms with Crippen molar-refractivity contribution in [3.8, 4) is 0 Å². The molecular weight excluding hydrogens is 278 g/mol. The van der Waals surface area contributed by atoms with Crippen molar-refractivity contribution in [2.45, 2.75) is 19.1 Å². The van der Waals surface area contributed by atoms with Gasteiger partial charge in [0.15, 0.2) is 0 Å². The molecule has 0 aliphatic carbocycles. The zero-order valence-electron chi connectivity index (χ0n) is 11.5. The van der Waals surface area contributed by atoms with Crippen molar-refractivity contribution in [1.29, 1.82) is 0 Å². The molecule has 0 fully saturated rings. The molecule has 2 rings (SSSR count). The molecule has 0 aromatic heterocycles. The molecule has 20 heavy (non-hydrogen) atoms. The van der Waals surface area contributed by atoms with E-state index in [1.54, 1.807) is 18.4 Å². The number of nitrogens with zero attached hydrogens (tertiary/aromatic N) is 1. The molecule has 6 heteroatoms. The number of fused-ring (bicyclic) bond motifs is 1. The second-order valence-corrected chi connectivity index (χ2v) is 5.74. The molecule has 1 aliphatic rings. The Hall–Kier alpha value is -1.82. The standard InChI is InChI=1S/C14H15NO4S/c1-8(2)11(20-3)14(18)19-15-12(16)9-6-4-5-7-10(9)13(15)17/h4-8,11H,1-3H3. The SMILES string of the molecule is CSC(C(=O)ON1C(=O)c2ccccc2C1=O)C(C)C. The molecule has 1 heterocycles. The molecule has 0 spiro atoms. The number of thioether (sulfide) groups is 1. The van der Waals surface area contributed by atoms with Crippen molar-refractivity contribution in [2.75, 3.05) is 6.26 Å². The minimum Gasteiger partial charge on any atom is -0.328 e. The van der Waals surface area contributed by atoms with Gasteiger partial charge in [-0.2, -0.15) is 0 Å². The van der Waals surface area contributed by atoms with Crippen LogP contribution in [0.5, 0.6) is 0 Å². The number of carbonyl (C=O) groups is 3. The van der Waals surface area contributed by atoms with Crippen LogP contribution in [0.2, 0.25) is 0 Å². The lowest BCUT2D eigenvalue weighted by atomic mass is 10.1. The smallest absolute Gasteiger partial charge is 0.328 e. The molecule has 1 atom stereocenters. The molecule has 1 aromatic rings. The fourth-order valence-electron chi connectivity index (χ4n) is 2.03. The van der Waals surface area contributed by atoms with Gasteiger partial charge in [0.25, 0.3) is 11.8 Å². The molecule has 1 unspecified atom stereocenters. The zero-order valence-corrected chi connectivity index (χ0v) is 12.3. The molecule has 0 N–H and O–H groups in total. The lowest BCUT2D eigenvalue weighted by Crippen LogP contribution is -2.37. The summed E-state index contributed by atoms with van der Waals surface area (Å²) in [6.45, 7) is 3.76. The highest BCUT2D eigenvalue weighted by atomic mass is 32.2. The third-order valence-electron chi connectivity index (χ3n) is 3.03. The van der Waals surface area contributed by atoms with Gasteiger partial charge in [0.2, 0.25) is 0 Å². The van der Waals surface area contributed by atoms with E-state index in [2.05, 4.69) is 0 Å². The van der Waals surface area contributed by atoms with Crippen LogP contribution in [-0.4, -0.2) is 34.4 Å². The maximum Gasteiger partial charge on any atom is 0.346 e. The predicted molar refractivity (Wildman–Crippen MR) is 75.2 cm³/mol. The fraction of sp³-hybridized carbons (Fsp3) is 0.357. The predicted octanol–water partition coefficient (Wildman–Crippen LogP) is 2.13. The summed E-state index contributed by atoms with van der Waals surface area (Å²) in [4.78, 5) is 41.1. The Bertz CT molecular complexity index is 535. The van der Waals surface area contributed by atoms with Crippen LogP contribution in [0.1, 0.15) is 34.6 Å². The van der Waals surface area contributed by atoms with Crippen LogP contribution in [0, 0.1) is 5.92 Å². The number of rotatable bonds is 4. The molecule has 1 aliphatic heterocycles. The Balaban J connectivity index is 2.19. The monoisotopic (exact) mass is 293 g/mol. The molecule has 0 bridgehead atoms. The Morgan fingerprint density at radius 3 is 2.05 bits per heavy atom. The van der Waals surface area contributed by atoms with Gasteiger partial charge in [-0.1, -0.05) is 31.0 Å². The summed E-state index contributed by atoms with van der Waals surface area (Å²) < 4.78 is 0. The number of benzene rings is 1. The number of hydrogen-bond acceptors (Lipinski definition) is 5. The van der Waals surface area contributed by atoms with E-state index in [1.165, 1.54) is 23.9 Å². The average molecular weight is 293 g/mol. The Morgan fingerprint density at radius 1 is 1.15 bits per heavy atom. The van der Waals surface area contributed by atoms with E-state index in [0.717, 1.165) is 0 Å². The molecular formula is C14H15NO4S. The minimum absolute atomic E-state index is 0.0488. The van der Waals surface area contributed by atoms with Crippen LogP contribution < -0.4 is 0 Å². The van der Waals surface area contributed by atoms with E-state index in [0.29, 0.717) is 5.06 Å². The maximum absolute atomic E-state index is 12.0. The highest BCUT2D eigenvalue weighted by Gasteiger charge is 2.39. The number of imide groups is 1. The average Bonchev–Trinajstić information content (AvgIpc) is 2.65. The number of carbonyl (C=O) groups excluding carboxylic acids is 3. The molecule has 1 aromatic carbocycles. The molecule has 0 saturated carbocycles. The summed E-state index contributed by atoms with van der Waals surface area (Å²) in [6.07, 6.45) is 1.79. The van der Waals surface area contributed by atoms with Gasteiger partial charge in [-0.25, -0.2) is 4.79 Å². The maximum atomic E-state index is 12.0. The van der Waals surface area contributed by atoms with E-state index >= 15 is 0 Å². The summed E-state index contributed by atoms with van der Waals surface area (Å²) in [7, 11) is 0. The first kappa shape index (κ1) is 14.6. The van der Waals surface area contributed by atoms with Crippen molar-refractivity contribution in [1.82, 2.24) is 5.06 Å². The fourth-order valence-corrected chi connectivity index (χ4v) is 2.81. The Labute approximate surface area is 121 Å². The van der Waals surface area contributed by atoms with Gasteiger partial charge in [0.05, 0.1) is 11.1 Å². The van der Waals surface area contributed by atoms with Gasteiger partial charge in [-0.15, -0.1) is 11.8 Å². The number of hydroxylamine groups is 2. The van der Waals surface area contributed by atoms with Crippen molar-refractivity contribution >= 4 is 29.5 Å². The van der Waals surface area contributed by atoms with Gasteiger partial charge < -0.3 is 4.84 Å². The second kappa shape index (κ2) is 5.66. The van der Waals surface area contributed by atoms with Crippen molar-refractivity contribution in [3.63, 3.8) is 0 Å². The third-order valence-corrected chi connectivity index (χ3v) is 4.27. The van der Waals surface area contributed by atoms with E-state index in [1.807, 2.05) is 13.8 Å². The van der Waals surface area contributed by atoms with Crippen LogP contribution >= 0.6 is 11.8 Å². The summed E-state index contributed by atoms with van der Waals surface area (Å²) >= 11 is 1.33. The van der Waals surface area contributed by atoms with Gasteiger partial charge in [-0.3, -0.25) is 9.59 Å². The molecule has 0 radical (unpaired) electrons. The van der Waals surface area contributed by atoms with Gasteiger partial charge in [0.1, 0.15) is 5.25 Å². The summed E-state index contributed by atoms with van der Waals surface area (Å²) in [6, 6.07) is 6.40. The first-order chi connectivity index (χ1) is 9.47. The van der Waals surface area contributed by atoms with E-state index < -0.39 is 23.0 Å². The highest BCUT2D eigenvalue weighted by molar-refractivity contribution is 7.99. The van der Waals surface area contributed by atoms with E-state index in [-0.39, 0.29) is 17.0 Å². The first-order valence-electron chi connectivity index (χ1n) is 6.19. The van der Waals surface area contributed by atoms with Gasteiger partial charge in [0, 0.05) is 0 Å². The second-order valence-electron chi connectivity index (χ2n) is 4.76. The zero-order chi connectivity index (χ0) is 14.9. The lowest BCUT2D eigenvalue weighted by molar-refractivity contribution is -0.168. The van der Waals surface area contributed by atoms with Crippen molar-refractivity contribution < 1.29 is 19.2 Å². The normalized spacial score (nSPS) is 15.5. The summed E-state index contributed by atoms with van der Waals surface area (Å²) in [5.74, 6) is -1.72.